The Morgan fingerprint density at radius 2 is 1.46 bits per heavy atom. The van der Waals surface area contributed by atoms with Crippen molar-refractivity contribution in [2.24, 2.45) is 0 Å². The van der Waals surface area contributed by atoms with Crippen LogP contribution >= 0.6 is 0 Å². The third-order valence-electron chi connectivity index (χ3n) is 7.42. The molecular formula is C33H43N3O4S. The van der Waals surface area contributed by atoms with Crippen molar-refractivity contribution in [2.45, 2.75) is 78.3 Å². The fourth-order valence-electron chi connectivity index (χ4n) is 4.67. The maximum absolute atomic E-state index is 14.2. The number of amides is 2. The maximum atomic E-state index is 14.2. The van der Waals surface area contributed by atoms with Crippen LogP contribution in [0, 0.1) is 27.7 Å². The normalized spacial score (nSPS) is 12.0. The van der Waals surface area contributed by atoms with Gasteiger partial charge in [-0.15, -0.1) is 0 Å². The number of nitrogens with one attached hydrogen (secondary N) is 1. The summed E-state index contributed by atoms with van der Waals surface area (Å²) >= 11 is 0. The van der Waals surface area contributed by atoms with Gasteiger partial charge in [-0.25, -0.2) is 8.42 Å². The van der Waals surface area contributed by atoms with E-state index >= 15 is 0 Å². The van der Waals surface area contributed by atoms with Crippen LogP contribution in [0.15, 0.2) is 71.6 Å². The molecule has 0 heterocycles. The van der Waals surface area contributed by atoms with Crippen molar-refractivity contribution in [3.8, 4) is 0 Å². The first-order valence-electron chi connectivity index (χ1n) is 14.3. The van der Waals surface area contributed by atoms with Crippen LogP contribution < -0.4 is 9.62 Å². The molecule has 1 N–H and O–H groups in total. The Morgan fingerprint density at radius 1 is 0.854 bits per heavy atom. The van der Waals surface area contributed by atoms with Crippen LogP contribution in [-0.2, 0) is 26.2 Å². The summed E-state index contributed by atoms with van der Waals surface area (Å²) in [7, 11) is -4.10. The Morgan fingerprint density at radius 3 is 2.05 bits per heavy atom. The molecule has 0 spiro atoms. The predicted octanol–water partition coefficient (Wildman–Crippen LogP) is 5.84. The minimum atomic E-state index is -4.10. The van der Waals surface area contributed by atoms with Gasteiger partial charge in [-0.05, 0) is 75.4 Å². The molecule has 0 unspecified atom stereocenters. The van der Waals surface area contributed by atoms with Crippen molar-refractivity contribution in [3.63, 3.8) is 0 Å². The molecular weight excluding hydrogens is 534 g/mol. The average Bonchev–Trinajstić information content (AvgIpc) is 2.94. The number of carbonyl (C=O) groups excluding carboxylic acids is 2. The van der Waals surface area contributed by atoms with E-state index in [4.69, 9.17) is 0 Å². The fourth-order valence-corrected chi connectivity index (χ4v) is 6.14. The van der Waals surface area contributed by atoms with Crippen LogP contribution in [-0.4, -0.2) is 44.3 Å². The number of benzene rings is 3. The van der Waals surface area contributed by atoms with E-state index < -0.39 is 28.5 Å². The maximum Gasteiger partial charge on any atom is 0.264 e. The van der Waals surface area contributed by atoms with E-state index in [1.165, 1.54) is 9.21 Å². The van der Waals surface area contributed by atoms with Gasteiger partial charge < -0.3 is 10.2 Å². The summed E-state index contributed by atoms with van der Waals surface area (Å²) in [4.78, 5) is 29.1. The van der Waals surface area contributed by atoms with Crippen LogP contribution in [0.1, 0.15) is 60.9 Å². The summed E-state index contributed by atoms with van der Waals surface area (Å²) < 4.78 is 29.4. The van der Waals surface area contributed by atoms with Crippen LogP contribution in [0.4, 0.5) is 5.69 Å². The van der Waals surface area contributed by atoms with E-state index in [1.54, 1.807) is 36.4 Å². The standard InChI is InChI=1S/C33H43N3O4S/c1-7-9-21-34-33(38)30(8-2)35(22-28-17-13-24(3)14-18-28)32(37)23-36(31-12-10-11-26(5)27(31)6)41(39,40)29-19-15-25(4)16-20-29/h10-20,30H,7-9,21-23H2,1-6H3,(H,34,38)/t30-/m0/s1. The van der Waals surface area contributed by atoms with E-state index in [0.717, 1.165) is 40.7 Å². The van der Waals surface area contributed by atoms with E-state index in [1.807, 2.05) is 71.9 Å². The first kappa shape index (κ1) is 31.9. The van der Waals surface area contributed by atoms with Gasteiger partial charge in [0, 0.05) is 13.1 Å². The highest BCUT2D eigenvalue weighted by Crippen LogP contribution is 2.29. The Balaban J connectivity index is 2.07. The van der Waals surface area contributed by atoms with Crippen molar-refractivity contribution in [2.75, 3.05) is 17.4 Å². The van der Waals surface area contributed by atoms with E-state index in [0.29, 0.717) is 18.7 Å². The Bertz CT molecular complexity index is 1430. The van der Waals surface area contributed by atoms with Gasteiger partial charge >= 0.3 is 0 Å². The molecule has 2 amide bonds. The lowest BCUT2D eigenvalue weighted by atomic mass is 10.1. The lowest BCUT2D eigenvalue weighted by Gasteiger charge is -2.33. The zero-order valence-electron chi connectivity index (χ0n) is 25.1. The molecule has 0 saturated heterocycles. The molecule has 8 heteroatoms. The van der Waals surface area contributed by atoms with Gasteiger partial charge in [0.25, 0.3) is 10.0 Å². The van der Waals surface area contributed by atoms with Gasteiger partial charge in [-0.3, -0.25) is 13.9 Å². The van der Waals surface area contributed by atoms with Gasteiger partial charge in [-0.1, -0.05) is 79.9 Å². The molecule has 0 bridgehead atoms. The average molecular weight is 578 g/mol. The van der Waals surface area contributed by atoms with Crippen molar-refractivity contribution in [1.82, 2.24) is 10.2 Å². The second-order valence-corrected chi connectivity index (χ2v) is 12.5. The van der Waals surface area contributed by atoms with Gasteiger partial charge in [0.15, 0.2) is 0 Å². The number of unbranched alkanes of at least 4 members (excludes halogenated alkanes) is 1. The van der Waals surface area contributed by atoms with Crippen molar-refractivity contribution in [1.29, 1.82) is 0 Å². The summed E-state index contributed by atoms with van der Waals surface area (Å²) in [6.45, 7) is 11.8. The molecule has 3 aromatic rings. The van der Waals surface area contributed by atoms with Crippen LogP contribution in [0.2, 0.25) is 0 Å². The summed E-state index contributed by atoms with van der Waals surface area (Å²) in [5.74, 6) is -0.680. The molecule has 0 aliphatic heterocycles. The lowest BCUT2D eigenvalue weighted by Crippen LogP contribution is -2.52. The number of aryl methyl sites for hydroxylation is 3. The molecule has 3 aromatic carbocycles. The summed E-state index contributed by atoms with van der Waals surface area (Å²) in [6.07, 6.45) is 2.16. The number of nitrogens with zero attached hydrogens (tertiary/aromatic N) is 2. The molecule has 1 atom stereocenters. The minimum absolute atomic E-state index is 0.103. The highest BCUT2D eigenvalue weighted by atomic mass is 32.2. The summed E-state index contributed by atoms with van der Waals surface area (Å²) in [5, 5.41) is 2.96. The Hall–Kier alpha value is -3.65. The number of rotatable bonds is 13. The van der Waals surface area contributed by atoms with E-state index in [2.05, 4.69) is 5.32 Å². The molecule has 3 rings (SSSR count). The number of sulfonamides is 1. The molecule has 0 aliphatic carbocycles. The Labute approximate surface area is 245 Å². The quantitative estimate of drug-likeness (QED) is 0.259. The van der Waals surface area contributed by atoms with Gasteiger partial charge in [0.1, 0.15) is 12.6 Å². The van der Waals surface area contributed by atoms with E-state index in [9.17, 15) is 18.0 Å². The number of hydrogen-bond acceptors (Lipinski definition) is 4. The number of carbonyl (C=O) groups is 2. The molecule has 0 radical (unpaired) electrons. The third-order valence-corrected chi connectivity index (χ3v) is 9.20. The summed E-state index contributed by atoms with van der Waals surface area (Å²) in [5.41, 5.74) is 5.00. The van der Waals surface area contributed by atoms with Gasteiger partial charge in [0.2, 0.25) is 11.8 Å². The fraction of sp³-hybridized carbons (Fsp3) is 0.394. The molecule has 0 aromatic heterocycles. The molecule has 0 saturated carbocycles. The number of hydrogen-bond donors (Lipinski definition) is 1. The zero-order chi connectivity index (χ0) is 30.2. The largest absolute Gasteiger partial charge is 0.354 e. The lowest BCUT2D eigenvalue weighted by molar-refractivity contribution is -0.140. The molecule has 0 aliphatic rings. The van der Waals surface area contributed by atoms with Crippen molar-refractivity contribution >= 4 is 27.5 Å². The highest BCUT2D eigenvalue weighted by Gasteiger charge is 2.34. The number of anilines is 1. The first-order valence-corrected chi connectivity index (χ1v) is 15.7. The second kappa shape index (κ2) is 14.3. The van der Waals surface area contributed by atoms with Crippen molar-refractivity contribution < 1.29 is 18.0 Å². The molecule has 41 heavy (non-hydrogen) atoms. The smallest absolute Gasteiger partial charge is 0.264 e. The summed E-state index contributed by atoms with van der Waals surface area (Å²) in [6, 6.07) is 19.1. The van der Waals surface area contributed by atoms with Gasteiger partial charge in [0.05, 0.1) is 10.6 Å². The predicted molar refractivity (Wildman–Crippen MR) is 165 cm³/mol. The molecule has 7 nitrogen and oxygen atoms in total. The van der Waals surface area contributed by atoms with Crippen LogP contribution in [0.3, 0.4) is 0 Å². The first-order chi connectivity index (χ1) is 19.5. The minimum Gasteiger partial charge on any atom is -0.354 e. The van der Waals surface area contributed by atoms with Crippen LogP contribution in [0.25, 0.3) is 0 Å². The molecule has 220 valence electrons. The second-order valence-electron chi connectivity index (χ2n) is 10.6. The third kappa shape index (κ3) is 7.97. The topological polar surface area (TPSA) is 86.8 Å². The highest BCUT2D eigenvalue weighted by molar-refractivity contribution is 7.92. The van der Waals surface area contributed by atoms with Crippen molar-refractivity contribution in [3.05, 3.63) is 94.5 Å². The zero-order valence-corrected chi connectivity index (χ0v) is 25.9. The van der Waals surface area contributed by atoms with Gasteiger partial charge in [-0.2, -0.15) is 0 Å². The SMILES string of the molecule is CCCCNC(=O)[C@H](CC)N(Cc1ccc(C)cc1)C(=O)CN(c1cccc(C)c1C)S(=O)(=O)c1ccc(C)cc1. The molecule has 0 fully saturated rings. The van der Waals surface area contributed by atoms with Crippen LogP contribution in [0.5, 0.6) is 0 Å². The Kier molecular flexibility index (Phi) is 11.1. The monoisotopic (exact) mass is 577 g/mol. The van der Waals surface area contributed by atoms with E-state index in [-0.39, 0.29) is 17.3 Å².